The van der Waals surface area contributed by atoms with Gasteiger partial charge >= 0.3 is 0 Å². The molecule has 0 fully saturated rings. The van der Waals surface area contributed by atoms with Crippen LogP contribution in [0.5, 0.6) is 0 Å². The molecule has 0 heterocycles. The highest BCUT2D eigenvalue weighted by Crippen LogP contribution is 2.18. The Hall–Kier alpha value is -2.11. The molecule has 2 aromatic rings. The highest BCUT2D eigenvalue weighted by atomic mass is 35.5. The minimum absolute atomic E-state index is 0.248. The van der Waals surface area contributed by atoms with E-state index in [1.165, 1.54) is 18.2 Å². The minimum Gasteiger partial charge on any atom is -0.346 e. The molecule has 126 valence electrons. The van der Waals surface area contributed by atoms with Gasteiger partial charge in [-0.05, 0) is 42.3 Å². The molecule has 0 aliphatic carbocycles. The molecule has 2 rings (SSSR count). The van der Waals surface area contributed by atoms with Gasteiger partial charge in [-0.1, -0.05) is 41.9 Å². The molecule has 1 atom stereocenters. The average Bonchev–Trinajstić information content (AvgIpc) is 2.53. The fourth-order valence-electron chi connectivity index (χ4n) is 2.12. The zero-order valence-electron chi connectivity index (χ0n) is 13.4. The first-order chi connectivity index (χ1) is 11.3. The Labute approximate surface area is 147 Å². The molecule has 0 spiro atoms. The first-order valence-corrected chi connectivity index (χ1v) is 9.57. The number of nitrogens with one attached hydrogen (secondary N) is 1. The van der Waals surface area contributed by atoms with Crippen LogP contribution in [0.1, 0.15) is 24.1 Å². The number of carbonyl (C=O) groups is 1. The van der Waals surface area contributed by atoms with Gasteiger partial charge in [0, 0.05) is 17.4 Å². The fraction of sp³-hybridized carbons (Fsp3) is 0.167. The summed E-state index contributed by atoms with van der Waals surface area (Å²) in [6.07, 6.45) is 4.23. The molecule has 0 bridgehead atoms. The molecule has 0 aromatic heterocycles. The predicted octanol–water partition coefficient (Wildman–Crippen LogP) is 3.63. The number of rotatable bonds is 5. The Balaban J connectivity index is 2.02. The molecule has 6 heteroatoms. The summed E-state index contributed by atoms with van der Waals surface area (Å²) in [5, 5.41) is 3.40. The van der Waals surface area contributed by atoms with Crippen molar-refractivity contribution in [3.63, 3.8) is 0 Å². The van der Waals surface area contributed by atoms with Crippen LogP contribution < -0.4 is 5.32 Å². The lowest BCUT2D eigenvalue weighted by atomic mass is 10.1. The number of hydrogen-bond acceptors (Lipinski definition) is 3. The zero-order valence-corrected chi connectivity index (χ0v) is 14.9. The maximum absolute atomic E-state index is 12.0. The van der Waals surface area contributed by atoms with E-state index in [1.54, 1.807) is 24.3 Å². The number of sulfone groups is 1. The predicted molar refractivity (Wildman–Crippen MR) is 96.6 cm³/mol. The third kappa shape index (κ3) is 4.94. The van der Waals surface area contributed by atoms with E-state index < -0.39 is 9.84 Å². The van der Waals surface area contributed by atoms with Crippen molar-refractivity contribution in [1.82, 2.24) is 5.32 Å². The summed E-state index contributed by atoms with van der Waals surface area (Å²) in [7, 11) is -3.22. The second kappa shape index (κ2) is 7.64. The lowest BCUT2D eigenvalue weighted by Crippen LogP contribution is -2.24. The summed E-state index contributed by atoms with van der Waals surface area (Å²) in [6, 6.07) is 13.4. The van der Waals surface area contributed by atoms with Crippen LogP contribution in [-0.4, -0.2) is 20.6 Å². The van der Waals surface area contributed by atoms with E-state index in [0.29, 0.717) is 5.02 Å². The Kier molecular flexibility index (Phi) is 5.80. The smallest absolute Gasteiger partial charge is 0.244 e. The third-order valence-corrected chi connectivity index (χ3v) is 4.96. The number of hydrogen-bond donors (Lipinski definition) is 1. The molecule has 2 aromatic carbocycles. The summed E-state index contributed by atoms with van der Waals surface area (Å²) in [6.45, 7) is 1.83. The van der Waals surface area contributed by atoms with E-state index in [-0.39, 0.29) is 16.8 Å². The first kappa shape index (κ1) is 18.2. The Bertz CT molecular complexity index is 858. The van der Waals surface area contributed by atoms with Crippen molar-refractivity contribution in [3.8, 4) is 0 Å². The molecule has 24 heavy (non-hydrogen) atoms. The SMILES string of the molecule is C[C@H](NC(=O)/C=C/c1ccccc1Cl)c1ccc(S(C)(=O)=O)cc1. The van der Waals surface area contributed by atoms with Crippen molar-refractivity contribution in [3.05, 3.63) is 70.8 Å². The zero-order chi connectivity index (χ0) is 17.7. The van der Waals surface area contributed by atoms with Gasteiger partial charge < -0.3 is 5.32 Å². The number of benzene rings is 2. The molecule has 0 saturated carbocycles. The van der Waals surface area contributed by atoms with Gasteiger partial charge in [0.2, 0.25) is 5.91 Å². The minimum atomic E-state index is -3.22. The van der Waals surface area contributed by atoms with Crippen LogP contribution in [-0.2, 0) is 14.6 Å². The highest BCUT2D eigenvalue weighted by Gasteiger charge is 2.10. The Morgan fingerprint density at radius 3 is 2.33 bits per heavy atom. The first-order valence-electron chi connectivity index (χ1n) is 7.30. The Morgan fingerprint density at radius 1 is 1.12 bits per heavy atom. The second-order valence-corrected chi connectivity index (χ2v) is 7.85. The van der Waals surface area contributed by atoms with Gasteiger partial charge in [0.05, 0.1) is 10.9 Å². The van der Waals surface area contributed by atoms with E-state index >= 15 is 0 Å². The van der Waals surface area contributed by atoms with Gasteiger partial charge in [0.25, 0.3) is 0 Å². The third-order valence-electron chi connectivity index (χ3n) is 3.49. The van der Waals surface area contributed by atoms with Crippen LogP contribution in [0.3, 0.4) is 0 Å². The highest BCUT2D eigenvalue weighted by molar-refractivity contribution is 7.90. The number of carbonyl (C=O) groups excluding carboxylic acids is 1. The van der Waals surface area contributed by atoms with Crippen LogP contribution in [0.25, 0.3) is 6.08 Å². The van der Waals surface area contributed by atoms with Crippen molar-refractivity contribution in [2.75, 3.05) is 6.26 Å². The van der Waals surface area contributed by atoms with Gasteiger partial charge in [-0.15, -0.1) is 0 Å². The molecule has 0 radical (unpaired) electrons. The monoisotopic (exact) mass is 363 g/mol. The van der Waals surface area contributed by atoms with E-state index in [2.05, 4.69) is 5.32 Å². The maximum Gasteiger partial charge on any atom is 0.244 e. The van der Waals surface area contributed by atoms with Crippen LogP contribution in [0.15, 0.2) is 59.5 Å². The maximum atomic E-state index is 12.0. The van der Waals surface area contributed by atoms with Crippen LogP contribution in [0.2, 0.25) is 5.02 Å². The lowest BCUT2D eigenvalue weighted by Gasteiger charge is -2.13. The quantitative estimate of drug-likeness (QED) is 0.825. The van der Waals surface area contributed by atoms with Crippen LogP contribution >= 0.6 is 11.6 Å². The van der Waals surface area contributed by atoms with E-state index in [9.17, 15) is 13.2 Å². The van der Waals surface area contributed by atoms with Crippen molar-refractivity contribution in [1.29, 1.82) is 0 Å². The molecule has 1 amide bonds. The topological polar surface area (TPSA) is 63.2 Å². The fourth-order valence-corrected chi connectivity index (χ4v) is 2.95. The molecule has 0 aliphatic rings. The van der Waals surface area contributed by atoms with Gasteiger partial charge in [-0.25, -0.2) is 8.42 Å². The van der Waals surface area contributed by atoms with Gasteiger partial charge in [-0.2, -0.15) is 0 Å². The molecule has 0 unspecified atom stereocenters. The second-order valence-electron chi connectivity index (χ2n) is 5.43. The molecular weight excluding hydrogens is 346 g/mol. The molecule has 0 aliphatic heterocycles. The lowest BCUT2D eigenvalue weighted by molar-refractivity contribution is -0.117. The molecule has 0 saturated heterocycles. The summed E-state index contributed by atoms with van der Waals surface area (Å²) in [5.41, 5.74) is 1.58. The van der Waals surface area contributed by atoms with Gasteiger partial charge in [-0.3, -0.25) is 4.79 Å². The van der Waals surface area contributed by atoms with Crippen LogP contribution in [0, 0.1) is 0 Å². The van der Waals surface area contributed by atoms with E-state index in [0.717, 1.165) is 17.4 Å². The van der Waals surface area contributed by atoms with Gasteiger partial charge in [0.1, 0.15) is 0 Å². The Morgan fingerprint density at radius 2 is 1.75 bits per heavy atom. The summed E-state index contributed by atoms with van der Waals surface area (Å²) >= 11 is 6.03. The van der Waals surface area contributed by atoms with E-state index in [4.69, 9.17) is 11.6 Å². The molecule has 1 N–H and O–H groups in total. The largest absolute Gasteiger partial charge is 0.346 e. The van der Waals surface area contributed by atoms with Crippen molar-refractivity contribution in [2.45, 2.75) is 17.9 Å². The molecular formula is C18H18ClNO3S. The summed E-state index contributed by atoms with van der Waals surface area (Å²) < 4.78 is 22.9. The normalized spacial score (nSPS) is 13.0. The summed E-state index contributed by atoms with van der Waals surface area (Å²) in [4.78, 5) is 12.3. The standard InChI is InChI=1S/C18H18ClNO3S/c1-13(14-7-10-16(11-8-14)24(2,22)23)20-18(21)12-9-15-5-3-4-6-17(15)19/h3-13H,1-2H3,(H,20,21)/b12-9+/t13-/m0/s1. The number of amides is 1. The van der Waals surface area contributed by atoms with Crippen molar-refractivity contribution < 1.29 is 13.2 Å². The average molecular weight is 364 g/mol. The van der Waals surface area contributed by atoms with Gasteiger partial charge in [0.15, 0.2) is 9.84 Å². The molecule has 4 nitrogen and oxygen atoms in total. The van der Waals surface area contributed by atoms with Crippen molar-refractivity contribution in [2.24, 2.45) is 0 Å². The van der Waals surface area contributed by atoms with Crippen LogP contribution in [0.4, 0.5) is 0 Å². The summed E-state index contributed by atoms with van der Waals surface area (Å²) in [5.74, 6) is -0.255. The van der Waals surface area contributed by atoms with E-state index in [1.807, 2.05) is 25.1 Å². The van der Waals surface area contributed by atoms with Crippen molar-refractivity contribution >= 4 is 33.4 Å². The number of halogens is 1.